The Morgan fingerprint density at radius 1 is 1.05 bits per heavy atom. The molecular weight excluding hydrogens is 529 g/mol. The lowest BCUT2D eigenvalue weighted by atomic mass is 9.94. The molecule has 4 N–H and O–H groups in total. The van der Waals surface area contributed by atoms with Gasteiger partial charge in [-0.25, -0.2) is 9.37 Å². The van der Waals surface area contributed by atoms with E-state index in [2.05, 4.69) is 15.6 Å². The first-order valence-corrected chi connectivity index (χ1v) is 14.5. The maximum atomic E-state index is 13.4. The third-order valence-corrected chi connectivity index (χ3v) is 7.34. The predicted octanol–water partition coefficient (Wildman–Crippen LogP) is 4.88. The van der Waals surface area contributed by atoms with Gasteiger partial charge in [0.05, 0.1) is 11.0 Å². The van der Waals surface area contributed by atoms with Crippen molar-refractivity contribution >= 4 is 34.7 Å². The average molecular weight is 568 g/mol. The molecule has 0 fully saturated rings. The summed E-state index contributed by atoms with van der Waals surface area (Å²) in [5.74, 6) is -1.57. The average Bonchev–Trinajstić information content (AvgIpc) is 3.46. The zero-order valence-corrected chi connectivity index (χ0v) is 24.0. The molecule has 0 unspecified atom stereocenters. The van der Waals surface area contributed by atoms with Crippen LogP contribution < -0.4 is 16.4 Å². The molecule has 0 aliphatic heterocycles. The van der Waals surface area contributed by atoms with Gasteiger partial charge in [-0.1, -0.05) is 26.8 Å². The van der Waals surface area contributed by atoms with Gasteiger partial charge < -0.3 is 21.3 Å². The van der Waals surface area contributed by atoms with Gasteiger partial charge in [0.15, 0.2) is 0 Å². The molecule has 0 aliphatic rings. The summed E-state index contributed by atoms with van der Waals surface area (Å²) in [7, 11) is 0. The van der Waals surface area contributed by atoms with Crippen LogP contribution in [0.25, 0.3) is 0 Å². The number of aromatic nitrogens is 1. The van der Waals surface area contributed by atoms with Crippen molar-refractivity contribution in [1.29, 1.82) is 0 Å². The highest BCUT2D eigenvalue weighted by molar-refractivity contribution is 7.09. The highest BCUT2D eigenvalue weighted by Crippen LogP contribution is 2.17. The van der Waals surface area contributed by atoms with Crippen molar-refractivity contribution in [3.8, 4) is 0 Å². The standard InChI is InChI=1S/C30H38FN5O3S/c1-4-14-36(15-5-2)30(39)22-8-6-7-21(18-22)29(38)35-26(19-27-33-13-16-40-27)25(32)17-20(3)28(37)34-24-11-9-23(31)10-12-24/h6-13,16,18,20,25-26H,4-5,14-15,17,19,32H2,1-3H3,(H,34,37)(H,35,38)/t20-,25+,26+/m1/s1. The Kier molecular flexibility index (Phi) is 11.8. The Hall–Kier alpha value is -3.63. The monoisotopic (exact) mass is 567 g/mol. The number of hydrogen-bond donors (Lipinski definition) is 3. The number of thiazole rings is 1. The molecule has 0 aliphatic carbocycles. The van der Waals surface area contributed by atoms with Crippen LogP contribution in [0.1, 0.15) is 65.8 Å². The van der Waals surface area contributed by atoms with Crippen LogP contribution in [0.5, 0.6) is 0 Å². The van der Waals surface area contributed by atoms with Crippen molar-refractivity contribution in [3.63, 3.8) is 0 Å². The van der Waals surface area contributed by atoms with Crippen LogP contribution in [0, 0.1) is 11.7 Å². The minimum Gasteiger partial charge on any atom is -0.347 e. The molecule has 0 radical (unpaired) electrons. The van der Waals surface area contributed by atoms with Crippen LogP contribution in [0.4, 0.5) is 10.1 Å². The number of nitrogens with two attached hydrogens (primary N) is 1. The minimum absolute atomic E-state index is 0.102. The minimum atomic E-state index is -0.559. The number of nitrogens with zero attached hydrogens (tertiary/aromatic N) is 2. The first kappa shape index (κ1) is 30.9. The van der Waals surface area contributed by atoms with Crippen molar-refractivity contribution in [2.24, 2.45) is 11.7 Å². The Morgan fingerprint density at radius 2 is 1.73 bits per heavy atom. The summed E-state index contributed by atoms with van der Waals surface area (Å²) in [6.45, 7) is 7.12. The van der Waals surface area contributed by atoms with E-state index < -0.39 is 18.0 Å². The van der Waals surface area contributed by atoms with Gasteiger partial charge in [0.2, 0.25) is 5.91 Å². The van der Waals surface area contributed by atoms with Crippen LogP contribution in [-0.4, -0.2) is 52.8 Å². The van der Waals surface area contributed by atoms with Crippen LogP contribution >= 0.6 is 11.3 Å². The molecule has 3 aromatic rings. The Balaban J connectivity index is 1.72. The van der Waals surface area contributed by atoms with Gasteiger partial charge in [0, 0.05) is 59.9 Å². The highest BCUT2D eigenvalue weighted by atomic mass is 32.1. The molecule has 8 nitrogen and oxygen atoms in total. The predicted molar refractivity (Wildman–Crippen MR) is 157 cm³/mol. The van der Waals surface area contributed by atoms with Crippen LogP contribution in [-0.2, 0) is 11.2 Å². The molecule has 0 bridgehead atoms. The number of amides is 3. The number of carbonyl (C=O) groups excluding carboxylic acids is 3. The van der Waals surface area contributed by atoms with Crippen LogP contribution in [0.2, 0.25) is 0 Å². The summed E-state index contributed by atoms with van der Waals surface area (Å²) in [5.41, 5.74) is 7.88. The SMILES string of the molecule is CCCN(CCC)C(=O)c1cccc(C(=O)N[C@@H](Cc2nccs2)[C@@H](N)C[C@@H](C)C(=O)Nc2ccc(F)cc2)c1. The van der Waals surface area contributed by atoms with E-state index in [-0.39, 0.29) is 23.5 Å². The van der Waals surface area contributed by atoms with E-state index in [1.54, 1.807) is 42.3 Å². The third-order valence-electron chi connectivity index (χ3n) is 6.54. The molecule has 3 rings (SSSR count). The Bertz CT molecular complexity index is 1250. The maximum absolute atomic E-state index is 13.4. The number of rotatable bonds is 14. The lowest BCUT2D eigenvalue weighted by molar-refractivity contribution is -0.119. The second kappa shape index (κ2) is 15.2. The molecule has 2 aromatic carbocycles. The van der Waals surface area contributed by atoms with Gasteiger partial charge in [-0.05, 0) is 61.7 Å². The number of anilines is 1. The topological polar surface area (TPSA) is 117 Å². The fourth-order valence-electron chi connectivity index (χ4n) is 4.41. The fourth-order valence-corrected chi connectivity index (χ4v) is 5.09. The van der Waals surface area contributed by atoms with Gasteiger partial charge in [-0.2, -0.15) is 0 Å². The Labute approximate surface area is 239 Å². The molecule has 40 heavy (non-hydrogen) atoms. The fraction of sp³-hybridized carbons (Fsp3) is 0.400. The largest absolute Gasteiger partial charge is 0.347 e. The second-order valence-electron chi connectivity index (χ2n) is 9.88. The molecule has 1 aromatic heterocycles. The molecule has 3 amide bonds. The summed E-state index contributed by atoms with van der Waals surface area (Å²) < 4.78 is 13.2. The quantitative estimate of drug-likeness (QED) is 0.257. The molecule has 0 saturated carbocycles. The zero-order valence-electron chi connectivity index (χ0n) is 23.2. The van der Waals surface area contributed by atoms with Gasteiger partial charge in [0.1, 0.15) is 5.82 Å². The summed E-state index contributed by atoms with van der Waals surface area (Å²) in [6, 6.07) is 11.2. The first-order chi connectivity index (χ1) is 19.2. The van der Waals surface area contributed by atoms with E-state index in [1.807, 2.05) is 19.2 Å². The van der Waals surface area contributed by atoms with E-state index in [4.69, 9.17) is 5.73 Å². The van der Waals surface area contributed by atoms with E-state index in [0.29, 0.717) is 42.7 Å². The van der Waals surface area contributed by atoms with E-state index in [9.17, 15) is 18.8 Å². The summed E-state index contributed by atoms with van der Waals surface area (Å²) in [5, 5.41) is 8.46. The van der Waals surface area contributed by atoms with E-state index in [0.717, 1.165) is 17.8 Å². The number of nitrogens with one attached hydrogen (secondary N) is 2. The van der Waals surface area contributed by atoms with Crippen molar-refractivity contribution in [1.82, 2.24) is 15.2 Å². The molecule has 3 atom stereocenters. The van der Waals surface area contributed by atoms with Crippen LogP contribution in [0.15, 0.2) is 60.1 Å². The second-order valence-corrected chi connectivity index (χ2v) is 10.9. The van der Waals surface area contributed by atoms with Crippen molar-refractivity contribution in [3.05, 3.63) is 82.1 Å². The smallest absolute Gasteiger partial charge is 0.253 e. The van der Waals surface area contributed by atoms with Gasteiger partial charge in [0.25, 0.3) is 11.8 Å². The lowest BCUT2D eigenvalue weighted by Gasteiger charge is -2.27. The number of benzene rings is 2. The number of hydrogen-bond acceptors (Lipinski definition) is 6. The third kappa shape index (κ3) is 8.96. The molecule has 0 saturated heterocycles. The number of carbonyl (C=O) groups is 3. The van der Waals surface area contributed by atoms with Crippen molar-refractivity contribution < 1.29 is 18.8 Å². The maximum Gasteiger partial charge on any atom is 0.253 e. The molecule has 1 heterocycles. The molecule has 10 heteroatoms. The van der Waals surface area contributed by atoms with Gasteiger partial charge in [-0.15, -0.1) is 11.3 Å². The number of halogens is 1. The normalized spacial score (nSPS) is 13.2. The van der Waals surface area contributed by atoms with Crippen molar-refractivity contribution in [2.45, 2.75) is 58.5 Å². The van der Waals surface area contributed by atoms with E-state index >= 15 is 0 Å². The highest BCUT2D eigenvalue weighted by Gasteiger charge is 2.27. The molecule has 0 spiro atoms. The Morgan fingerprint density at radius 3 is 2.35 bits per heavy atom. The van der Waals surface area contributed by atoms with Crippen LogP contribution in [0.3, 0.4) is 0 Å². The van der Waals surface area contributed by atoms with Crippen molar-refractivity contribution in [2.75, 3.05) is 18.4 Å². The lowest BCUT2D eigenvalue weighted by Crippen LogP contribution is -2.50. The van der Waals surface area contributed by atoms with E-state index in [1.165, 1.54) is 35.6 Å². The summed E-state index contributed by atoms with van der Waals surface area (Å²) in [4.78, 5) is 45.4. The summed E-state index contributed by atoms with van der Waals surface area (Å²) in [6.07, 6.45) is 4.09. The summed E-state index contributed by atoms with van der Waals surface area (Å²) >= 11 is 1.46. The van der Waals surface area contributed by atoms with Gasteiger partial charge >= 0.3 is 0 Å². The molecule has 214 valence electrons. The first-order valence-electron chi connectivity index (χ1n) is 13.6. The zero-order chi connectivity index (χ0) is 29.1. The molecular formula is C30H38FN5O3S. The van der Waals surface area contributed by atoms with Gasteiger partial charge in [-0.3, -0.25) is 14.4 Å².